The molecule has 0 heterocycles. The maximum atomic E-state index is 11.8. The van der Waals surface area contributed by atoms with Gasteiger partial charge < -0.3 is 4.74 Å². The Balaban J connectivity index is 3.24. The highest BCUT2D eigenvalue weighted by atomic mass is 16.5. The van der Waals surface area contributed by atoms with Crippen LogP contribution in [-0.2, 0) is 15.0 Å². The minimum Gasteiger partial charge on any atom is -0.426 e. The molecule has 0 aliphatic carbocycles. The minimum absolute atomic E-state index is 0.124. The molecule has 0 fully saturated rings. The van der Waals surface area contributed by atoms with Crippen molar-refractivity contribution in [2.24, 2.45) is 5.92 Å². The molecule has 0 saturated carbocycles. The standard InChI is InChI=1S/C17H24O3/c1-11(2)16(19)20-14-9-7-8-12(3)15(14)17(5,6)10-13(4)18/h7-9,11H,10H2,1-6H3. The summed E-state index contributed by atoms with van der Waals surface area (Å²) in [5.41, 5.74) is 1.61. The van der Waals surface area contributed by atoms with Crippen molar-refractivity contribution in [2.45, 2.75) is 53.4 Å². The maximum absolute atomic E-state index is 11.8. The van der Waals surface area contributed by atoms with Crippen LogP contribution >= 0.6 is 0 Å². The lowest BCUT2D eigenvalue weighted by atomic mass is 9.77. The first-order valence-corrected chi connectivity index (χ1v) is 6.96. The van der Waals surface area contributed by atoms with E-state index in [-0.39, 0.29) is 23.1 Å². The number of rotatable bonds is 5. The van der Waals surface area contributed by atoms with E-state index in [1.54, 1.807) is 26.8 Å². The van der Waals surface area contributed by atoms with Crippen LogP contribution in [0.5, 0.6) is 5.75 Å². The molecule has 0 saturated heterocycles. The Morgan fingerprint density at radius 3 is 2.35 bits per heavy atom. The third-order valence-electron chi connectivity index (χ3n) is 3.28. The summed E-state index contributed by atoms with van der Waals surface area (Å²) in [5.74, 6) is 0.254. The van der Waals surface area contributed by atoms with Crippen LogP contribution < -0.4 is 4.74 Å². The first kappa shape index (κ1) is 16.4. The third kappa shape index (κ3) is 3.92. The highest BCUT2D eigenvalue weighted by Gasteiger charge is 2.29. The number of hydrogen-bond acceptors (Lipinski definition) is 3. The van der Waals surface area contributed by atoms with Gasteiger partial charge in [-0.3, -0.25) is 9.59 Å². The molecule has 3 nitrogen and oxygen atoms in total. The minimum atomic E-state index is -0.357. The molecular formula is C17H24O3. The van der Waals surface area contributed by atoms with Crippen molar-refractivity contribution >= 4 is 11.8 Å². The summed E-state index contributed by atoms with van der Waals surface area (Å²) >= 11 is 0. The average molecular weight is 276 g/mol. The largest absolute Gasteiger partial charge is 0.426 e. The van der Waals surface area contributed by atoms with Crippen molar-refractivity contribution in [3.63, 3.8) is 0 Å². The van der Waals surface area contributed by atoms with Crippen molar-refractivity contribution in [1.29, 1.82) is 0 Å². The van der Waals surface area contributed by atoms with Crippen LogP contribution in [0.2, 0.25) is 0 Å². The highest BCUT2D eigenvalue weighted by Crippen LogP contribution is 2.37. The molecule has 0 aliphatic heterocycles. The van der Waals surface area contributed by atoms with Crippen LogP contribution in [0.1, 0.15) is 52.2 Å². The number of aryl methyl sites for hydroxylation is 1. The van der Waals surface area contributed by atoms with Gasteiger partial charge in [0.05, 0.1) is 5.92 Å². The number of esters is 1. The van der Waals surface area contributed by atoms with E-state index in [0.717, 1.165) is 11.1 Å². The molecule has 1 aromatic rings. The molecule has 0 amide bonds. The summed E-state index contributed by atoms with van der Waals surface area (Å²) in [7, 11) is 0. The van der Waals surface area contributed by atoms with Gasteiger partial charge >= 0.3 is 5.97 Å². The van der Waals surface area contributed by atoms with Crippen molar-refractivity contribution in [3.8, 4) is 5.75 Å². The predicted octanol–water partition coefficient (Wildman–Crippen LogP) is 3.81. The number of hydrogen-bond donors (Lipinski definition) is 0. The first-order chi connectivity index (χ1) is 9.15. The Labute approximate surface area is 121 Å². The van der Waals surface area contributed by atoms with E-state index in [1.165, 1.54) is 0 Å². The van der Waals surface area contributed by atoms with E-state index in [9.17, 15) is 9.59 Å². The van der Waals surface area contributed by atoms with Crippen LogP contribution in [0, 0.1) is 12.8 Å². The zero-order valence-electron chi connectivity index (χ0n) is 13.2. The summed E-state index contributed by atoms with van der Waals surface area (Å²) in [5, 5.41) is 0. The lowest BCUT2D eigenvalue weighted by Gasteiger charge is -2.28. The zero-order chi connectivity index (χ0) is 15.5. The van der Waals surface area contributed by atoms with Crippen molar-refractivity contribution in [1.82, 2.24) is 0 Å². The van der Waals surface area contributed by atoms with E-state index in [2.05, 4.69) is 0 Å². The number of carbonyl (C=O) groups excluding carboxylic acids is 2. The molecule has 1 rings (SSSR count). The van der Waals surface area contributed by atoms with Crippen molar-refractivity contribution in [3.05, 3.63) is 29.3 Å². The zero-order valence-corrected chi connectivity index (χ0v) is 13.2. The molecule has 0 aromatic heterocycles. The summed E-state index contributed by atoms with van der Waals surface area (Å²) < 4.78 is 5.51. The number of ether oxygens (including phenoxy) is 1. The normalized spacial score (nSPS) is 11.6. The van der Waals surface area contributed by atoms with E-state index < -0.39 is 0 Å². The number of Topliss-reactive ketones (excluding diaryl/α,β-unsaturated/α-hetero) is 1. The fraction of sp³-hybridized carbons (Fsp3) is 0.529. The molecule has 0 spiro atoms. The van der Waals surface area contributed by atoms with Crippen LogP contribution in [0.25, 0.3) is 0 Å². The third-order valence-corrected chi connectivity index (χ3v) is 3.28. The van der Waals surface area contributed by atoms with Gasteiger partial charge in [-0.05, 0) is 25.5 Å². The molecule has 0 N–H and O–H groups in total. The monoisotopic (exact) mass is 276 g/mol. The Morgan fingerprint density at radius 1 is 1.25 bits per heavy atom. The molecule has 1 aromatic carbocycles. The van der Waals surface area contributed by atoms with Gasteiger partial charge in [0.25, 0.3) is 0 Å². The van der Waals surface area contributed by atoms with E-state index >= 15 is 0 Å². The molecule has 3 heteroatoms. The van der Waals surface area contributed by atoms with E-state index in [0.29, 0.717) is 12.2 Å². The topological polar surface area (TPSA) is 43.4 Å². The highest BCUT2D eigenvalue weighted by molar-refractivity contribution is 5.78. The Hall–Kier alpha value is -1.64. The molecule has 0 atom stereocenters. The summed E-state index contributed by atoms with van der Waals surface area (Å²) in [6.45, 7) is 11.2. The number of benzene rings is 1. The fourth-order valence-corrected chi connectivity index (χ4v) is 2.53. The quantitative estimate of drug-likeness (QED) is 0.606. The molecule has 0 aliphatic rings. The fourth-order valence-electron chi connectivity index (χ4n) is 2.53. The van der Waals surface area contributed by atoms with Gasteiger partial charge in [0.2, 0.25) is 0 Å². The molecule has 0 radical (unpaired) electrons. The first-order valence-electron chi connectivity index (χ1n) is 6.96. The number of ketones is 1. The molecule has 20 heavy (non-hydrogen) atoms. The molecular weight excluding hydrogens is 252 g/mol. The van der Waals surface area contributed by atoms with Gasteiger partial charge in [0.15, 0.2) is 0 Å². The predicted molar refractivity (Wildman–Crippen MR) is 80.0 cm³/mol. The smallest absolute Gasteiger partial charge is 0.313 e. The maximum Gasteiger partial charge on any atom is 0.313 e. The lowest BCUT2D eigenvalue weighted by Crippen LogP contribution is -2.24. The van der Waals surface area contributed by atoms with E-state index in [4.69, 9.17) is 4.74 Å². The Bertz CT molecular complexity index is 513. The number of carbonyl (C=O) groups is 2. The van der Waals surface area contributed by atoms with Crippen LogP contribution in [0.15, 0.2) is 18.2 Å². The molecule has 0 unspecified atom stereocenters. The van der Waals surface area contributed by atoms with Gasteiger partial charge in [-0.2, -0.15) is 0 Å². The SMILES string of the molecule is CC(=O)CC(C)(C)c1c(C)cccc1OC(=O)C(C)C. The van der Waals surface area contributed by atoms with Gasteiger partial charge in [0, 0.05) is 17.4 Å². The summed E-state index contributed by atoms with van der Waals surface area (Å²) in [6, 6.07) is 5.64. The average Bonchev–Trinajstić information content (AvgIpc) is 2.26. The van der Waals surface area contributed by atoms with Crippen LogP contribution in [0.4, 0.5) is 0 Å². The lowest BCUT2D eigenvalue weighted by molar-refractivity contribution is -0.137. The van der Waals surface area contributed by atoms with Crippen molar-refractivity contribution < 1.29 is 14.3 Å². The Morgan fingerprint density at radius 2 is 1.85 bits per heavy atom. The molecule has 0 bridgehead atoms. The molecule has 110 valence electrons. The summed E-state index contributed by atoms with van der Waals surface area (Å²) in [4.78, 5) is 23.3. The van der Waals surface area contributed by atoms with Gasteiger partial charge in [-0.1, -0.05) is 39.8 Å². The Kier molecular flexibility index (Phi) is 5.09. The van der Waals surface area contributed by atoms with Gasteiger partial charge in [-0.15, -0.1) is 0 Å². The van der Waals surface area contributed by atoms with Crippen LogP contribution in [0.3, 0.4) is 0 Å². The van der Waals surface area contributed by atoms with Crippen molar-refractivity contribution in [2.75, 3.05) is 0 Å². The second-order valence-corrected chi connectivity index (χ2v) is 6.29. The van der Waals surface area contributed by atoms with Gasteiger partial charge in [-0.25, -0.2) is 0 Å². The summed E-state index contributed by atoms with van der Waals surface area (Å²) in [6.07, 6.45) is 0.421. The van der Waals surface area contributed by atoms with E-state index in [1.807, 2.05) is 32.9 Å². The van der Waals surface area contributed by atoms with Gasteiger partial charge in [0.1, 0.15) is 11.5 Å². The van der Waals surface area contributed by atoms with Crippen LogP contribution in [-0.4, -0.2) is 11.8 Å². The second kappa shape index (κ2) is 6.21. The second-order valence-electron chi connectivity index (χ2n) is 6.29.